The van der Waals surface area contributed by atoms with Crippen LogP contribution in [0, 0.1) is 0 Å². The number of halogens is 4. The van der Waals surface area contributed by atoms with Gasteiger partial charge in [0, 0.05) is 42.2 Å². The summed E-state index contributed by atoms with van der Waals surface area (Å²) in [7, 11) is 3.42. The molecule has 0 spiro atoms. The summed E-state index contributed by atoms with van der Waals surface area (Å²) in [5.74, 6) is -0.297. The summed E-state index contributed by atoms with van der Waals surface area (Å²) in [5.41, 5.74) is 0.0704. The minimum Gasteiger partial charge on any atom is -0.356 e. The Morgan fingerprint density at radius 2 is 1.94 bits per heavy atom. The molecule has 4 rings (SSSR count). The number of nitrogens with zero attached hydrogens (tertiary/aromatic N) is 5. The highest BCUT2D eigenvalue weighted by atomic mass is 19.4. The van der Waals surface area contributed by atoms with Crippen molar-refractivity contribution in [2.45, 2.75) is 12.6 Å². The summed E-state index contributed by atoms with van der Waals surface area (Å²) in [5, 5.41) is 11.9. The van der Waals surface area contributed by atoms with Crippen molar-refractivity contribution in [3.8, 4) is 11.4 Å². The van der Waals surface area contributed by atoms with E-state index in [1.54, 1.807) is 31.3 Å². The lowest BCUT2D eigenvalue weighted by atomic mass is 10.0. The number of allylic oxidation sites excluding steroid dienone is 1. The van der Waals surface area contributed by atoms with Crippen LogP contribution in [0.3, 0.4) is 0 Å². The first-order valence-electron chi connectivity index (χ1n) is 9.53. The zero-order valence-corrected chi connectivity index (χ0v) is 17.0. The summed E-state index contributed by atoms with van der Waals surface area (Å²) in [4.78, 5) is 7.35. The zero-order valence-electron chi connectivity index (χ0n) is 17.0. The number of alkyl halides is 3. The van der Waals surface area contributed by atoms with E-state index in [1.807, 2.05) is 11.9 Å². The Morgan fingerprint density at radius 1 is 1.16 bits per heavy atom. The van der Waals surface area contributed by atoms with Crippen LogP contribution in [-0.2, 0) is 7.05 Å². The Balaban J connectivity index is 1.90. The quantitative estimate of drug-likeness (QED) is 0.614. The topological polar surface area (TPSA) is 58.9 Å². The smallest absolute Gasteiger partial charge is 0.356 e. The Hall–Kier alpha value is -3.27. The fourth-order valence-electron chi connectivity index (χ4n) is 3.49. The van der Waals surface area contributed by atoms with Crippen molar-refractivity contribution >= 4 is 22.0 Å². The van der Waals surface area contributed by atoms with Gasteiger partial charge in [-0.2, -0.15) is 28.2 Å². The van der Waals surface area contributed by atoms with Crippen LogP contribution in [0.15, 0.2) is 48.6 Å². The Labute approximate surface area is 175 Å². The first kappa shape index (κ1) is 21.0. The van der Waals surface area contributed by atoms with Crippen molar-refractivity contribution in [1.29, 1.82) is 0 Å². The first-order valence-corrected chi connectivity index (χ1v) is 9.53. The lowest BCUT2D eigenvalue weighted by molar-refractivity contribution is -0.0688. The Bertz CT molecular complexity index is 1190. The maximum Gasteiger partial charge on any atom is 0.417 e. The van der Waals surface area contributed by atoms with Gasteiger partial charge in [0.05, 0.1) is 29.7 Å². The SMILES string of the molecule is C=C(c1nc(-c2cnn(C)n2)cc2c(NC3=C(F)CN(C)CC3)cccc12)C(F)(F)F. The van der Waals surface area contributed by atoms with Crippen LogP contribution in [0.1, 0.15) is 12.1 Å². The van der Waals surface area contributed by atoms with E-state index in [0.29, 0.717) is 35.4 Å². The number of pyridine rings is 1. The molecule has 1 aliphatic rings. The third-order valence-corrected chi connectivity index (χ3v) is 5.13. The molecule has 0 atom stereocenters. The standard InChI is InChI=1S/C21H20F4N6/c1-12(21(23,24)25)20-13-5-4-6-16(27-17-7-8-30(2)11-15(17)22)14(13)9-18(28-20)19-10-26-31(3)29-19/h4-6,9-10,27H,1,7-8,11H2,2-3H3. The number of aryl methyl sites for hydroxylation is 1. The average molecular weight is 432 g/mol. The van der Waals surface area contributed by atoms with Gasteiger partial charge in [0.25, 0.3) is 0 Å². The number of benzene rings is 1. The largest absolute Gasteiger partial charge is 0.417 e. The lowest BCUT2D eigenvalue weighted by Crippen LogP contribution is -2.28. The van der Waals surface area contributed by atoms with Crippen molar-refractivity contribution in [1.82, 2.24) is 24.9 Å². The van der Waals surface area contributed by atoms with E-state index >= 15 is 0 Å². The predicted octanol–water partition coefficient (Wildman–Crippen LogP) is 4.53. The van der Waals surface area contributed by atoms with E-state index in [-0.39, 0.29) is 29.1 Å². The van der Waals surface area contributed by atoms with Gasteiger partial charge in [0.15, 0.2) is 0 Å². The Kier molecular flexibility index (Phi) is 5.26. The summed E-state index contributed by atoms with van der Waals surface area (Å²) in [6.07, 6.45) is -2.78. The minimum atomic E-state index is -4.66. The molecule has 3 aromatic rings. The summed E-state index contributed by atoms with van der Waals surface area (Å²) in [6.45, 7) is 4.07. The Morgan fingerprint density at radius 3 is 2.58 bits per heavy atom. The molecule has 2 aromatic heterocycles. The number of hydrogen-bond donors (Lipinski definition) is 1. The fraction of sp³-hybridized carbons (Fsp3) is 0.286. The van der Waals surface area contributed by atoms with Crippen molar-refractivity contribution in [3.05, 3.63) is 54.3 Å². The van der Waals surface area contributed by atoms with Crippen molar-refractivity contribution in [2.24, 2.45) is 7.05 Å². The van der Waals surface area contributed by atoms with Gasteiger partial charge >= 0.3 is 6.18 Å². The van der Waals surface area contributed by atoms with Gasteiger partial charge in [0.1, 0.15) is 11.5 Å². The van der Waals surface area contributed by atoms with Gasteiger partial charge < -0.3 is 5.32 Å². The normalized spacial score (nSPS) is 15.5. The van der Waals surface area contributed by atoms with Crippen molar-refractivity contribution < 1.29 is 17.6 Å². The second-order valence-electron chi connectivity index (χ2n) is 7.45. The highest BCUT2D eigenvalue weighted by Crippen LogP contribution is 2.38. The molecule has 1 N–H and O–H groups in total. The molecule has 0 fully saturated rings. The van der Waals surface area contributed by atoms with Gasteiger partial charge in [0.2, 0.25) is 0 Å². The minimum absolute atomic E-state index is 0.176. The number of aromatic nitrogens is 4. The second-order valence-corrected chi connectivity index (χ2v) is 7.45. The van der Waals surface area contributed by atoms with Crippen LogP contribution in [0.2, 0.25) is 0 Å². The molecule has 0 saturated heterocycles. The van der Waals surface area contributed by atoms with Crippen LogP contribution >= 0.6 is 0 Å². The van der Waals surface area contributed by atoms with E-state index in [1.165, 1.54) is 11.0 Å². The molecule has 1 aromatic carbocycles. The molecule has 0 aliphatic carbocycles. The van der Waals surface area contributed by atoms with Crippen molar-refractivity contribution in [3.63, 3.8) is 0 Å². The molecule has 0 bridgehead atoms. The number of likely N-dealkylation sites (N-methyl/N-ethyl adjacent to an activating group) is 1. The van der Waals surface area contributed by atoms with Gasteiger partial charge in [-0.05, 0) is 19.2 Å². The van der Waals surface area contributed by atoms with Crippen LogP contribution in [0.5, 0.6) is 0 Å². The monoisotopic (exact) mass is 432 g/mol. The van der Waals surface area contributed by atoms with Crippen molar-refractivity contribution in [2.75, 3.05) is 25.5 Å². The molecule has 31 heavy (non-hydrogen) atoms. The van der Waals surface area contributed by atoms with Gasteiger partial charge in [-0.3, -0.25) is 4.90 Å². The van der Waals surface area contributed by atoms with Gasteiger partial charge in [-0.15, -0.1) is 0 Å². The van der Waals surface area contributed by atoms with E-state index in [0.717, 1.165) is 0 Å². The van der Waals surface area contributed by atoms with Crippen LogP contribution < -0.4 is 5.32 Å². The molecule has 0 saturated carbocycles. The second kappa shape index (κ2) is 7.77. The molecule has 0 unspecified atom stereocenters. The molecule has 0 amide bonds. The number of nitrogens with one attached hydrogen (secondary N) is 1. The third kappa shape index (κ3) is 4.15. The molecule has 0 radical (unpaired) electrons. The average Bonchev–Trinajstić information content (AvgIpc) is 3.14. The number of fused-ring (bicyclic) bond motifs is 1. The molecular weight excluding hydrogens is 412 g/mol. The first-order chi connectivity index (χ1) is 14.6. The van der Waals surface area contributed by atoms with E-state index in [4.69, 9.17) is 0 Å². The predicted molar refractivity (Wildman–Crippen MR) is 111 cm³/mol. The van der Waals surface area contributed by atoms with Gasteiger partial charge in [-0.25, -0.2) is 9.37 Å². The third-order valence-electron chi connectivity index (χ3n) is 5.13. The van der Waals surface area contributed by atoms with E-state index in [2.05, 4.69) is 27.1 Å². The molecule has 162 valence electrons. The molecular formula is C21H20F4N6. The van der Waals surface area contributed by atoms with E-state index < -0.39 is 11.7 Å². The van der Waals surface area contributed by atoms with E-state index in [9.17, 15) is 17.6 Å². The fourth-order valence-corrected chi connectivity index (χ4v) is 3.49. The van der Waals surface area contributed by atoms with Crippen LogP contribution in [0.4, 0.5) is 23.2 Å². The van der Waals surface area contributed by atoms with Crippen LogP contribution in [0.25, 0.3) is 27.7 Å². The molecule has 1 aliphatic heterocycles. The van der Waals surface area contributed by atoms with Gasteiger partial charge in [-0.1, -0.05) is 18.7 Å². The number of anilines is 1. The summed E-state index contributed by atoms with van der Waals surface area (Å²) >= 11 is 0. The molecule has 10 heteroatoms. The van der Waals surface area contributed by atoms with Crippen LogP contribution in [-0.4, -0.2) is 51.2 Å². The maximum atomic E-state index is 14.5. The maximum absolute atomic E-state index is 14.5. The summed E-state index contributed by atoms with van der Waals surface area (Å²) < 4.78 is 55.0. The molecule has 6 nitrogen and oxygen atoms in total. The lowest BCUT2D eigenvalue weighted by Gasteiger charge is -2.25. The molecule has 3 heterocycles. The zero-order chi connectivity index (χ0) is 22.3. The highest BCUT2D eigenvalue weighted by Gasteiger charge is 2.35. The number of rotatable bonds is 4. The number of hydrogen-bond acceptors (Lipinski definition) is 5. The summed E-state index contributed by atoms with van der Waals surface area (Å²) in [6, 6.07) is 6.47. The highest BCUT2D eigenvalue weighted by molar-refractivity contribution is 6.02.